The van der Waals surface area contributed by atoms with Gasteiger partial charge >= 0.3 is 0 Å². The van der Waals surface area contributed by atoms with Crippen LogP contribution >= 0.6 is 0 Å². The van der Waals surface area contributed by atoms with Crippen LogP contribution in [0, 0.1) is 10.8 Å². The van der Waals surface area contributed by atoms with E-state index in [1.54, 1.807) is 0 Å². The lowest BCUT2D eigenvalue weighted by atomic mass is 9.67. The third-order valence-corrected chi connectivity index (χ3v) is 7.35. The molecule has 0 bridgehead atoms. The molecule has 1 aliphatic rings. The lowest BCUT2D eigenvalue weighted by Crippen LogP contribution is -2.26. The zero-order chi connectivity index (χ0) is 16.3. The van der Waals surface area contributed by atoms with E-state index in [2.05, 4.69) is 27.7 Å². The van der Waals surface area contributed by atoms with E-state index in [4.69, 9.17) is 0 Å². The van der Waals surface area contributed by atoms with Crippen molar-refractivity contribution in [3.63, 3.8) is 0 Å². The van der Waals surface area contributed by atoms with Gasteiger partial charge in [-0.05, 0) is 36.5 Å². The molecule has 0 aromatic rings. The van der Waals surface area contributed by atoms with Crippen LogP contribution in [-0.4, -0.2) is 0 Å². The van der Waals surface area contributed by atoms with E-state index >= 15 is 0 Å². The van der Waals surface area contributed by atoms with Gasteiger partial charge in [0.1, 0.15) is 0 Å². The fourth-order valence-corrected chi connectivity index (χ4v) is 4.76. The SMILES string of the molecule is CCC1(CC)CCCCCCCCCCC(CC)(CC)CC1. The van der Waals surface area contributed by atoms with Crippen LogP contribution < -0.4 is 0 Å². The summed E-state index contributed by atoms with van der Waals surface area (Å²) in [6.45, 7) is 9.80. The van der Waals surface area contributed by atoms with Crippen molar-refractivity contribution in [3.05, 3.63) is 0 Å². The Kier molecular flexibility index (Phi) is 9.76. The summed E-state index contributed by atoms with van der Waals surface area (Å²) in [4.78, 5) is 0. The van der Waals surface area contributed by atoms with Gasteiger partial charge in [0.15, 0.2) is 0 Å². The lowest BCUT2D eigenvalue weighted by Gasteiger charge is -2.39. The van der Waals surface area contributed by atoms with Crippen molar-refractivity contribution in [1.29, 1.82) is 0 Å². The maximum absolute atomic E-state index is 2.45. The zero-order valence-corrected chi connectivity index (χ0v) is 16.3. The third kappa shape index (κ3) is 6.25. The molecule has 0 N–H and O–H groups in total. The molecule has 132 valence electrons. The largest absolute Gasteiger partial charge is 0.0649 e. The highest BCUT2D eigenvalue weighted by atomic mass is 14.4. The second-order valence-corrected chi connectivity index (χ2v) is 8.24. The first kappa shape index (κ1) is 20.0. The van der Waals surface area contributed by atoms with Gasteiger partial charge in [-0.3, -0.25) is 0 Å². The summed E-state index contributed by atoms with van der Waals surface area (Å²) in [7, 11) is 0. The van der Waals surface area contributed by atoms with Crippen molar-refractivity contribution < 1.29 is 0 Å². The molecule has 0 heteroatoms. The molecule has 0 amide bonds. The van der Waals surface area contributed by atoms with Crippen molar-refractivity contribution in [3.8, 4) is 0 Å². The van der Waals surface area contributed by atoms with Gasteiger partial charge in [0, 0.05) is 0 Å². The Balaban J connectivity index is 2.74. The van der Waals surface area contributed by atoms with E-state index < -0.39 is 0 Å². The normalized spacial score (nSPS) is 24.5. The predicted molar refractivity (Wildman–Crippen MR) is 101 cm³/mol. The quantitative estimate of drug-likeness (QED) is 0.490. The van der Waals surface area contributed by atoms with Gasteiger partial charge in [0.2, 0.25) is 0 Å². The molecule has 0 radical (unpaired) electrons. The van der Waals surface area contributed by atoms with Crippen molar-refractivity contribution in [2.75, 3.05) is 0 Å². The van der Waals surface area contributed by atoms with Gasteiger partial charge in [-0.1, -0.05) is 105 Å². The second kappa shape index (κ2) is 10.7. The Labute approximate surface area is 141 Å². The standard InChI is InChI=1S/C22H44/c1-5-21(6-2)17-15-13-11-9-10-12-14-16-18-22(7-3,8-4)20-19-21/h5-20H2,1-4H3. The first-order valence-electron chi connectivity index (χ1n) is 10.7. The molecular formula is C22H44. The van der Waals surface area contributed by atoms with Crippen molar-refractivity contribution in [2.24, 2.45) is 10.8 Å². The second-order valence-electron chi connectivity index (χ2n) is 8.24. The molecule has 0 unspecified atom stereocenters. The highest BCUT2D eigenvalue weighted by Crippen LogP contribution is 2.45. The van der Waals surface area contributed by atoms with Gasteiger partial charge in [0.05, 0.1) is 0 Å². The van der Waals surface area contributed by atoms with Gasteiger partial charge in [0.25, 0.3) is 0 Å². The molecule has 0 aromatic carbocycles. The number of rotatable bonds is 4. The van der Waals surface area contributed by atoms with Crippen LogP contribution in [0.5, 0.6) is 0 Å². The summed E-state index contributed by atoms with van der Waals surface area (Å²) >= 11 is 0. The summed E-state index contributed by atoms with van der Waals surface area (Å²) in [6.07, 6.45) is 23.4. The molecule has 1 saturated carbocycles. The average molecular weight is 309 g/mol. The first-order valence-corrected chi connectivity index (χ1v) is 10.7. The van der Waals surface area contributed by atoms with Crippen LogP contribution in [0.4, 0.5) is 0 Å². The minimum absolute atomic E-state index is 0.652. The smallest absolute Gasteiger partial charge is 0.0302 e. The Morgan fingerprint density at radius 3 is 0.955 bits per heavy atom. The summed E-state index contributed by atoms with van der Waals surface area (Å²) in [6, 6.07) is 0. The highest BCUT2D eigenvalue weighted by molar-refractivity contribution is 4.84. The van der Waals surface area contributed by atoms with Crippen molar-refractivity contribution in [2.45, 2.75) is 130 Å². The molecule has 0 heterocycles. The van der Waals surface area contributed by atoms with E-state index in [-0.39, 0.29) is 0 Å². The van der Waals surface area contributed by atoms with E-state index in [0.29, 0.717) is 10.8 Å². The molecule has 0 aliphatic heterocycles. The molecule has 0 spiro atoms. The molecule has 0 saturated heterocycles. The van der Waals surface area contributed by atoms with Crippen LogP contribution in [0.15, 0.2) is 0 Å². The summed E-state index contributed by atoms with van der Waals surface area (Å²) < 4.78 is 0. The fraction of sp³-hybridized carbons (Fsp3) is 1.00. The van der Waals surface area contributed by atoms with Crippen LogP contribution in [0.25, 0.3) is 0 Å². The maximum atomic E-state index is 2.45. The lowest BCUT2D eigenvalue weighted by molar-refractivity contribution is 0.131. The molecule has 1 fully saturated rings. The van der Waals surface area contributed by atoms with Gasteiger partial charge in [-0.2, -0.15) is 0 Å². The van der Waals surface area contributed by atoms with E-state index in [1.165, 1.54) is 103 Å². The predicted octanol–water partition coefficient (Wildman–Crippen LogP) is 8.29. The molecule has 0 atom stereocenters. The van der Waals surface area contributed by atoms with Crippen molar-refractivity contribution >= 4 is 0 Å². The van der Waals surface area contributed by atoms with Crippen LogP contribution in [0.3, 0.4) is 0 Å². The zero-order valence-electron chi connectivity index (χ0n) is 16.3. The average Bonchev–Trinajstić information content (AvgIpc) is 2.57. The molecule has 22 heavy (non-hydrogen) atoms. The van der Waals surface area contributed by atoms with Gasteiger partial charge < -0.3 is 0 Å². The maximum Gasteiger partial charge on any atom is -0.0302 e. The fourth-order valence-electron chi connectivity index (χ4n) is 4.76. The first-order chi connectivity index (χ1) is 10.7. The highest BCUT2D eigenvalue weighted by Gasteiger charge is 2.32. The van der Waals surface area contributed by atoms with E-state index in [1.807, 2.05) is 0 Å². The van der Waals surface area contributed by atoms with Crippen LogP contribution in [0.1, 0.15) is 130 Å². The number of hydrogen-bond acceptors (Lipinski definition) is 0. The van der Waals surface area contributed by atoms with Gasteiger partial charge in [-0.15, -0.1) is 0 Å². The molecule has 1 rings (SSSR count). The van der Waals surface area contributed by atoms with Gasteiger partial charge in [-0.25, -0.2) is 0 Å². The Morgan fingerprint density at radius 1 is 0.409 bits per heavy atom. The minimum Gasteiger partial charge on any atom is -0.0649 e. The van der Waals surface area contributed by atoms with Crippen LogP contribution in [0.2, 0.25) is 0 Å². The summed E-state index contributed by atoms with van der Waals surface area (Å²) in [5.74, 6) is 0. The topological polar surface area (TPSA) is 0 Å². The van der Waals surface area contributed by atoms with E-state index in [0.717, 1.165) is 0 Å². The summed E-state index contributed by atoms with van der Waals surface area (Å²) in [5.41, 5.74) is 1.30. The monoisotopic (exact) mass is 308 g/mol. The van der Waals surface area contributed by atoms with E-state index in [9.17, 15) is 0 Å². The molecule has 1 aliphatic carbocycles. The van der Waals surface area contributed by atoms with Crippen LogP contribution in [-0.2, 0) is 0 Å². The molecule has 0 nitrogen and oxygen atoms in total. The van der Waals surface area contributed by atoms with Crippen molar-refractivity contribution in [1.82, 2.24) is 0 Å². The summed E-state index contributed by atoms with van der Waals surface area (Å²) in [5, 5.41) is 0. The minimum atomic E-state index is 0.652. The third-order valence-electron chi connectivity index (χ3n) is 7.35. The number of hydrogen-bond donors (Lipinski definition) is 0. The molecular weight excluding hydrogens is 264 g/mol. The Morgan fingerprint density at radius 2 is 0.682 bits per heavy atom. The molecule has 0 aromatic heterocycles. The Bertz CT molecular complexity index is 229. The Hall–Kier alpha value is 0.